The van der Waals surface area contributed by atoms with E-state index in [1.54, 1.807) is 13.0 Å². The van der Waals surface area contributed by atoms with Gasteiger partial charge in [-0.3, -0.25) is 0 Å². The van der Waals surface area contributed by atoms with Crippen LogP contribution in [0.15, 0.2) is 46.9 Å². The number of anilines is 1. The van der Waals surface area contributed by atoms with Crippen molar-refractivity contribution in [3.05, 3.63) is 65.2 Å². The second-order valence-corrected chi connectivity index (χ2v) is 6.49. The Morgan fingerprint density at radius 1 is 1.24 bits per heavy atom. The van der Waals surface area contributed by atoms with Gasteiger partial charge in [-0.15, -0.1) is 0 Å². The molecule has 0 aliphatic rings. The molecule has 0 amide bonds. The van der Waals surface area contributed by atoms with Crippen molar-refractivity contribution in [3.8, 4) is 0 Å². The van der Waals surface area contributed by atoms with Crippen LogP contribution in [0.4, 0.5) is 10.1 Å². The summed E-state index contributed by atoms with van der Waals surface area (Å²) in [6, 6.07) is 13.0. The first-order valence-electron chi connectivity index (χ1n) is 8.27. The maximum atomic E-state index is 13.7. The van der Waals surface area contributed by atoms with Crippen LogP contribution in [0.3, 0.4) is 0 Å². The monoisotopic (exact) mass is 356 g/mol. The van der Waals surface area contributed by atoms with E-state index in [0.717, 1.165) is 28.7 Å². The fourth-order valence-corrected chi connectivity index (χ4v) is 2.99. The molecule has 0 aliphatic carbocycles. The topological polar surface area (TPSA) is 28.4 Å². The Hall–Kier alpha value is -2.40. The summed E-state index contributed by atoms with van der Waals surface area (Å²) in [7, 11) is 1.92. The number of benzene rings is 2. The highest BCUT2D eigenvalue weighted by Crippen LogP contribution is 2.27. The number of hydrogen-bond acceptors (Lipinski definition) is 2. The lowest BCUT2D eigenvalue weighted by molar-refractivity contribution is 0.488. The predicted molar refractivity (Wildman–Crippen MR) is 104 cm³/mol. The molecule has 5 heteroatoms. The molecule has 1 aromatic heterocycles. The van der Waals surface area contributed by atoms with Gasteiger partial charge in [0, 0.05) is 36.7 Å². The summed E-state index contributed by atoms with van der Waals surface area (Å²) < 4.78 is 19.6. The first kappa shape index (κ1) is 17.4. The molecule has 0 atom stereocenters. The molecule has 1 N–H and O–H groups in total. The predicted octanol–water partition coefficient (Wildman–Crippen LogP) is 5.27. The number of nitrogens with one attached hydrogen (secondary N) is 1. The SMILES string of the molecule is CCc1oc2ccccc2c1CN(C)C(=S)Nc1ccc(C)c(F)c1. The molecule has 3 rings (SSSR count). The summed E-state index contributed by atoms with van der Waals surface area (Å²) in [4.78, 5) is 1.93. The van der Waals surface area contributed by atoms with Gasteiger partial charge in [0.25, 0.3) is 0 Å². The van der Waals surface area contributed by atoms with Crippen LogP contribution >= 0.6 is 12.2 Å². The van der Waals surface area contributed by atoms with Crippen LogP contribution in [-0.4, -0.2) is 17.1 Å². The van der Waals surface area contributed by atoms with Gasteiger partial charge >= 0.3 is 0 Å². The number of aryl methyl sites for hydroxylation is 2. The van der Waals surface area contributed by atoms with Gasteiger partial charge in [-0.1, -0.05) is 31.2 Å². The van der Waals surface area contributed by atoms with Crippen LogP contribution in [0.2, 0.25) is 0 Å². The highest BCUT2D eigenvalue weighted by molar-refractivity contribution is 7.80. The second kappa shape index (κ2) is 7.23. The van der Waals surface area contributed by atoms with Crippen LogP contribution in [0.25, 0.3) is 11.0 Å². The molecule has 0 bridgehead atoms. The quantitative estimate of drug-likeness (QED) is 0.645. The number of rotatable bonds is 4. The van der Waals surface area contributed by atoms with E-state index >= 15 is 0 Å². The van der Waals surface area contributed by atoms with Gasteiger partial charge in [0.2, 0.25) is 0 Å². The Labute approximate surface area is 152 Å². The minimum Gasteiger partial charge on any atom is -0.461 e. The number of para-hydroxylation sites is 1. The third kappa shape index (κ3) is 3.66. The molecule has 0 fully saturated rings. The minimum atomic E-state index is -0.246. The summed E-state index contributed by atoms with van der Waals surface area (Å²) in [5, 5.41) is 4.74. The highest BCUT2D eigenvalue weighted by Gasteiger charge is 2.16. The molecule has 0 saturated carbocycles. The van der Waals surface area contributed by atoms with E-state index in [0.29, 0.717) is 22.9 Å². The molecule has 130 valence electrons. The van der Waals surface area contributed by atoms with E-state index in [9.17, 15) is 4.39 Å². The normalized spacial score (nSPS) is 10.9. The van der Waals surface area contributed by atoms with Crippen molar-refractivity contribution in [1.29, 1.82) is 0 Å². The molecular weight excluding hydrogens is 335 g/mol. The second-order valence-electron chi connectivity index (χ2n) is 6.10. The lowest BCUT2D eigenvalue weighted by atomic mass is 10.1. The number of fused-ring (bicyclic) bond motifs is 1. The molecular formula is C20H21FN2OS. The maximum Gasteiger partial charge on any atom is 0.173 e. The number of thiocarbonyl (C=S) groups is 1. The fraction of sp³-hybridized carbons (Fsp3) is 0.250. The van der Waals surface area contributed by atoms with Crippen LogP contribution in [0.5, 0.6) is 0 Å². The summed E-state index contributed by atoms with van der Waals surface area (Å²) in [5.74, 6) is 0.724. The number of halogens is 1. The zero-order valence-electron chi connectivity index (χ0n) is 14.6. The molecule has 25 heavy (non-hydrogen) atoms. The van der Waals surface area contributed by atoms with Crippen molar-refractivity contribution in [2.45, 2.75) is 26.8 Å². The van der Waals surface area contributed by atoms with Crippen LogP contribution in [-0.2, 0) is 13.0 Å². The molecule has 0 unspecified atom stereocenters. The van der Waals surface area contributed by atoms with E-state index in [1.807, 2.05) is 36.2 Å². The van der Waals surface area contributed by atoms with Crippen LogP contribution < -0.4 is 5.32 Å². The number of hydrogen-bond donors (Lipinski definition) is 1. The van der Waals surface area contributed by atoms with Gasteiger partial charge in [-0.2, -0.15) is 0 Å². The fourth-order valence-electron chi connectivity index (χ4n) is 2.81. The Morgan fingerprint density at radius 2 is 2.00 bits per heavy atom. The summed E-state index contributed by atoms with van der Waals surface area (Å²) >= 11 is 5.47. The van der Waals surface area contributed by atoms with Gasteiger partial charge in [0.05, 0.1) is 0 Å². The van der Waals surface area contributed by atoms with Gasteiger partial charge in [0.15, 0.2) is 5.11 Å². The van der Waals surface area contributed by atoms with Gasteiger partial charge < -0.3 is 14.6 Å². The van der Waals surface area contributed by atoms with Crippen LogP contribution in [0, 0.1) is 12.7 Å². The first-order chi connectivity index (χ1) is 12.0. The molecule has 0 radical (unpaired) electrons. The van der Waals surface area contributed by atoms with Gasteiger partial charge in [-0.25, -0.2) is 4.39 Å². The average molecular weight is 356 g/mol. The average Bonchev–Trinajstić information content (AvgIpc) is 2.96. The smallest absolute Gasteiger partial charge is 0.173 e. The molecule has 0 aliphatic heterocycles. The lowest BCUT2D eigenvalue weighted by Crippen LogP contribution is -2.30. The minimum absolute atomic E-state index is 0.246. The van der Waals surface area contributed by atoms with E-state index in [-0.39, 0.29) is 5.82 Å². The Bertz CT molecular complexity index is 919. The largest absolute Gasteiger partial charge is 0.461 e. The van der Waals surface area contributed by atoms with Crippen molar-refractivity contribution in [1.82, 2.24) is 4.90 Å². The Kier molecular flexibility index (Phi) is 5.04. The number of nitrogens with zero attached hydrogens (tertiary/aromatic N) is 1. The van der Waals surface area contributed by atoms with E-state index in [4.69, 9.17) is 16.6 Å². The molecule has 1 heterocycles. The molecule has 2 aromatic carbocycles. The standard InChI is InChI=1S/C20H21FN2OS/c1-4-18-16(15-7-5-6-8-19(15)24-18)12-23(3)20(25)22-14-10-9-13(2)17(21)11-14/h5-11H,4,12H2,1-3H3,(H,22,25). The molecule has 0 spiro atoms. The van der Waals surface area contributed by atoms with E-state index in [1.165, 1.54) is 6.07 Å². The highest BCUT2D eigenvalue weighted by atomic mass is 32.1. The zero-order chi connectivity index (χ0) is 18.0. The molecule has 3 aromatic rings. The lowest BCUT2D eigenvalue weighted by Gasteiger charge is -2.21. The first-order valence-corrected chi connectivity index (χ1v) is 8.68. The Balaban J connectivity index is 1.78. The Morgan fingerprint density at radius 3 is 2.72 bits per heavy atom. The molecule has 0 saturated heterocycles. The third-order valence-corrected chi connectivity index (χ3v) is 4.68. The van der Waals surface area contributed by atoms with Gasteiger partial charge in [-0.05, 0) is 42.9 Å². The van der Waals surface area contributed by atoms with Crippen LogP contribution in [0.1, 0.15) is 23.8 Å². The van der Waals surface area contributed by atoms with E-state index in [2.05, 4.69) is 18.3 Å². The zero-order valence-corrected chi connectivity index (χ0v) is 15.4. The number of furan rings is 1. The van der Waals surface area contributed by atoms with Crippen molar-refractivity contribution in [2.75, 3.05) is 12.4 Å². The van der Waals surface area contributed by atoms with Crippen molar-refractivity contribution < 1.29 is 8.81 Å². The van der Waals surface area contributed by atoms with Gasteiger partial charge in [0.1, 0.15) is 17.2 Å². The summed E-state index contributed by atoms with van der Waals surface area (Å²) in [6.07, 6.45) is 0.821. The third-order valence-electron chi connectivity index (χ3n) is 4.27. The van der Waals surface area contributed by atoms with Crippen molar-refractivity contribution in [3.63, 3.8) is 0 Å². The summed E-state index contributed by atoms with van der Waals surface area (Å²) in [5.41, 5.74) is 3.29. The van der Waals surface area contributed by atoms with Crippen molar-refractivity contribution >= 4 is 34.0 Å². The summed E-state index contributed by atoms with van der Waals surface area (Å²) in [6.45, 7) is 4.44. The maximum absolute atomic E-state index is 13.7. The van der Waals surface area contributed by atoms with E-state index < -0.39 is 0 Å². The van der Waals surface area contributed by atoms with Crippen molar-refractivity contribution in [2.24, 2.45) is 0 Å². The molecule has 3 nitrogen and oxygen atoms in total.